The van der Waals surface area contributed by atoms with Crippen molar-refractivity contribution in [1.82, 2.24) is 29.8 Å². The summed E-state index contributed by atoms with van der Waals surface area (Å²) < 4.78 is 1.78. The Morgan fingerprint density at radius 1 is 1.21 bits per heavy atom. The van der Waals surface area contributed by atoms with Crippen molar-refractivity contribution in [3.05, 3.63) is 36.4 Å². The van der Waals surface area contributed by atoms with E-state index in [1.54, 1.807) is 17.1 Å². The van der Waals surface area contributed by atoms with Crippen molar-refractivity contribution in [3.8, 4) is 5.69 Å². The number of likely N-dealkylation sites (N-methyl/N-ethyl adjacent to an activating group) is 1. The molecule has 0 aliphatic carbocycles. The van der Waals surface area contributed by atoms with E-state index in [1.807, 2.05) is 18.3 Å². The van der Waals surface area contributed by atoms with Crippen molar-refractivity contribution in [3.63, 3.8) is 0 Å². The van der Waals surface area contributed by atoms with E-state index >= 15 is 0 Å². The number of nitrogens with zero attached hydrogens (tertiary/aromatic N) is 6. The lowest BCUT2D eigenvalue weighted by Gasteiger charge is -2.31. The Bertz CT molecular complexity index is 515. The lowest BCUT2D eigenvalue weighted by atomic mass is 10.3. The Morgan fingerprint density at radius 2 is 2.05 bits per heavy atom. The zero-order chi connectivity index (χ0) is 13.1. The first-order chi connectivity index (χ1) is 9.31. The molecule has 0 bridgehead atoms. The highest BCUT2D eigenvalue weighted by molar-refractivity contribution is 5.26. The van der Waals surface area contributed by atoms with Gasteiger partial charge in [-0.15, -0.1) is 5.10 Å². The van der Waals surface area contributed by atoms with Crippen LogP contribution in [0.5, 0.6) is 0 Å². The van der Waals surface area contributed by atoms with Gasteiger partial charge in [0.05, 0.1) is 23.8 Å². The number of aromatic nitrogens is 4. The maximum Gasteiger partial charge on any atom is 0.0971 e. The minimum Gasteiger partial charge on any atom is -0.304 e. The van der Waals surface area contributed by atoms with Gasteiger partial charge in [0, 0.05) is 38.9 Å². The Kier molecular flexibility index (Phi) is 3.52. The van der Waals surface area contributed by atoms with Crippen LogP contribution in [-0.4, -0.2) is 63.0 Å². The molecule has 0 saturated carbocycles. The van der Waals surface area contributed by atoms with Gasteiger partial charge in [0.2, 0.25) is 0 Å². The smallest absolute Gasteiger partial charge is 0.0971 e. The Balaban J connectivity index is 1.65. The van der Waals surface area contributed by atoms with Crippen molar-refractivity contribution in [1.29, 1.82) is 0 Å². The SMILES string of the molecule is CN1CCN(Cc2cn(-c3cccnc3)nn2)CC1. The highest BCUT2D eigenvalue weighted by Gasteiger charge is 2.15. The molecule has 1 aliphatic heterocycles. The second-order valence-electron chi connectivity index (χ2n) is 4.95. The van der Waals surface area contributed by atoms with Gasteiger partial charge in [0.1, 0.15) is 0 Å². The molecule has 0 radical (unpaired) electrons. The number of hydrogen-bond acceptors (Lipinski definition) is 5. The molecule has 0 N–H and O–H groups in total. The zero-order valence-corrected chi connectivity index (χ0v) is 11.1. The van der Waals surface area contributed by atoms with E-state index in [-0.39, 0.29) is 0 Å². The third-order valence-corrected chi connectivity index (χ3v) is 3.43. The van der Waals surface area contributed by atoms with Crippen LogP contribution in [0.3, 0.4) is 0 Å². The van der Waals surface area contributed by atoms with Crippen LogP contribution in [0.15, 0.2) is 30.7 Å². The first kappa shape index (κ1) is 12.3. The fourth-order valence-electron chi connectivity index (χ4n) is 2.22. The van der Waals surface area contributed by atoms with Crippen LogP contribution in [0.2, 0.25) is 0 Å². The topological polar surface area (TPSA) is 50.1 Å². The van der Waals surface area contributed by atoms with Crippen molar-refractivity contribution < 1.29 is 0 Å². The fraction of sp³-hybridized carbons (Fsp3) is 0.462. The van der Waals surface area contributed by atoms with E-state index in [1.165, 1.54) is 0 Å². The highest BCUT2D eigenvalue weighted by Crippen LogP contribution is 2.08. The molecule has 19 heavy (non-hydrogen) atoms. The summed E-state index contributed by atoms with van der Waals surface area (Å²) in [6.07, 6.45) is 5.52. The average molecular weight is 258 g/mol. The van der Waals surface area contributed by atoms with Crippen molar-refractivity contribution in [2.45, 2.75) is 6.54 Å². The van der Waals surface area contributed by atoms with Crippen molar-refractivity contribution in [2.24, 2.45) is 0 Å². The maximum absolute atomic E-state index is 4.24. The van der Waals surface area contributed by atoms with Crippen LogP contribution in [0.1, 0.15) is 5.69 Å². The van der Waals surface area contributed by atoms with Gasteiger partial charge in [0.25, 0.3) is 0 Å². The molecule has 1 saturated heterocycles. The Labute approximate surface area is 112 Å². The van der Waals surface area contributed by atoms with Gasteiger partial charge in [-0.3, -0.25) is 9.88 Å². The summed E-state index contributed by atoms with van der Waals surface area (Å²) in [5.41, 5.74) is 1.95. The maximum atomic E-state index is 4.24. The molecule has 2 aromatic rings. The Morgan fingerprint density at radius 3 is 2.79 bits per heavy atom. The van der Waals surface area contributed by atoms with Gasteiger partial charge in [-0.2, -0.15) is 0 Å². The van der Waals surface area contributed by atoms with Crippen LogP contribution in [0.4, 0.5) is 0 Å². The minimum atomic E-state index is 0.869. The molecular weight excluding hydrogens is 240 g/mol. The second kappa shape index (κ2) is 5.46. The summed E-state index contributed by atoms with van der Waals surface area (Å²) in [6.45, 7) is 5.30. The molecule has 6 nitrogen and oxygen atoms in total. The molecule has 2 aromatic heterocycles. The first-order valence-corrected chi connectivity index (χ1v) is 6.54. The largest absolute Gasteiger partial charge is 0.304 e. The molecule has 1 aliphatic rings. The van der Waals surface area contributed by atoms with E-state index in [0.29, 0.717) is 0 Å². The second-order valence-corrected chi connectivity index (χ2v) is 4.95. The first-order valence-electron chi connectivity index (χ1n) is 6.54. The van der Waals surface area contributed by atoms with Gasteiger partial charge >= 0.3 is 0 Å². The summed E-state index contributed by atoms with van der Waals surface area (Å²) in [6, 6.07) is 3.87. The molecule has 100 valence electrons. The van der Waals surface area contributed by atoms with E-state index in [9.17, 15) is 0 Å². The van der Waals surface area contributed by atoms with Gasteiger partial charge in [-0.25, -0.2) is 4.68 Å². The normalized spacial score (nSPS) is 17.7. The quantitative estimate of drug-likeness (QED) is 0.798. The van der Waals surface area contributed by atoms with Crippen LogP contribution in [0, 0.1) is 0 Å². The summed E-state index contributed by atoms with van der Waals surface area (Å²) in [5.74, 6) is 0. The van der Waals surface area contributed by atoms with E-state index in [4.69, 9.17) is 0 Å². The minimum absolute atomic E-state index is 0.869. The third-order valence-electron chi connectivity index (χ3n) is 3.43. The molecule has 6 heteroatoms. The van der Waals surface area contributed by atoms with Gasteiger partial charge in [0.15, 0.2) is 0 Å². The number of hydrogen-bond donors (Lipinski definition) is 0. The zero-order valence-electron chi connectivity index (χ0n) is 11.1. The fourth-order valence-corrected chi connectivity index (χ4v) is 2.22. The van der Waals surface area contributed by atoms with E-state index in [0.717, 1.165) is 44.1 Å². The van der Waals surface area contributed by atoms with E-state index < -0.39 is 0 Å². The third kappa shape index (κ3) is 2.97. The number of piperazine rings is 1. The van der Waals surface area contributed by atoms with Crippen molar-refractivity contribution >= 4 is 0 Å². The van der Waals surface area contributed by atoms with Gasteiger partial charge in [-0.1, -0.05) is 5.21 Å². The van der Waals surface area contributed by atoms with Crippen LogP contribution >= 0.6 is 0 Å². The summed E-state index contributed by atoms with van der Waals surface area (Å²) >= 11 is 0. The predicted molar refractivity (Wildman–Crippen MR) is 71.9 cm³/mol. The molecule has 0 amide bonds. The molecule has 0 unspecified atom stereocenters. The lowest BCUT2D eigenvalue weighted by molar-refractivity contribution is 0.147. The number of pyridine rings is 1. The molecular formula is C13H18N6. The van der Waals surface area contributed by atoms with Gasteiger partial charge < -0.3 is 4.90 Å². The standard InChI is InChI=1S/C13H18N6/c1-17-5-7-18(8-6-17)10-12-11-19(16-15-12)13-3-2-4-14-9-13/h2-4,9,11H,5-8,10H2,1H3. The number of rotatable bonds is 3. The van der Waals surface area contributed by atoms with Gasteiger partial charge in [-0.05, 0) is 19.2 Å². The van der Waals surface area contributed by atoms with Crippen molar-refractivity contribution in [2.75, 3.05) is 33.2 Å². The molecule has 0 atom stereocenters. The van der Waals surface area contributed by atoms with E-state index in [2.05, 4.69) is 32.1 Å². The summed E-state index contributed by atoms with van der Waals surface area (Å²) in [5, 5.41) is 8.39. The Hall–Kier alpha value is -1.79. The average Bonchev–Trinajstić information content (AvgIpc) is 2.91. The van der Waals surface area contributed by atoms with Crippen LogP contribution < -0.4 is 0 Å². The van der Waals surface area contributed by atoms with Crippen LogP contribution in [0.25, 0.3) is 5.69 Å². The monoisotopic (exact) mass is 258 g/mol. The lowest BCUT2D eigenvalue weighted by Crippen LogP contribution is -2.43. The molecule has 3 heterocycles. The highest BCUT2D eigenvalue weighted by atomic mass is 15.4. The molecule has 1 fully saturated rings. The predicted octanol–water partition coefficient (Wildman–Crippen LogP) is 0.410. The van der Waals surface area contributed by atoms with Crippen LogP contribution in [-0.2, 0) is 6.54 Å². The molecule has 3 rings (SSSR count). The molecule has 0 spiro atoms. The molecule has 0 aromatic carbocycles. The summed E-state index contributed by atoms with van der Waals surface area (Å²) in [4.78, 5) is 8.85. The summed E-state index contributed by atoms with van der Waals surface area (Å²) in [7, 11) is 2.16.